The van der Waals surface area contributed by atoms with Crippen molar-refractivity contribution in [1.82, 2.24) is 15.5 Å². The van der Waals surface area contributed by atoms with E-state index in [1.165, 1.54) is 11.3 Å². The van der Waals surface area contributed by atoms with Crippen LogP contribution in [0.1, 0.15) is 49.5 Å². The van der Waals surface area contributed by atoms with E-state index >= 15 is 0 Å². The number of rotatable bonds is 6. The number of amides is 1. The molecule has 0 aliphatic heterocycles. The van der Waals surface area contributed by atoms with Gasteiger partial charge in [0.1, 0.15) is 10.0 Å². The first-order valence-corrected chi connectivity index (χ1v) is 6.71. The zero-order chi connectivity index (χ0) is 12.8. The van der Waals surface area contributed by atoms with Crippen LogP contribution in [0, 0.1) is 0 Å². The highest BCUT2D eigenvalue weighted by atomic mass is 32.1. The summed E-state index contributed by atoms with van der Waals surface area (Å²) >= 11 is 1.53. The Morgan fingerprint density at radius 3 is 2.71 bits per heavy atom. The highest BCUT2D eigenvalue weighted by Crippen LogP contribution is 2.18. The number of hydrogen-bond acceptors (Lipinski definition) is 5. The first kappa shape index (κ1) is 14.1. The van der Waals surface area contributed by atoms with Gasteiger partial charge in [-0.2, -0.15) is 0 Å². The van der Waals surface area contributed by atoms with Gasteiger partial charge in [0.2, 0.25) is 5.91 Å². The molecule has 0 aliphatic carbocycles. The number of aromatic nitrogens is 2. The fourth-order valence-corrected chi connectivity index (χ4v) is 2.09. The van der Waals surface area contributed by atoms with Gasteiger partial charge in [-0.05, 0) is 6.42 Å². The molecule has 1 amide bonds. The van der Waals surface area contributed by atoms with Crippen LogP contribution in [0.4, 0.5) is 0 Å². The molecule has 0 spiro atoms. The molecule has 1 atom stereocenters. The van der Waals surface area contributed by atoms with Crippen molar-refractivity contribution in [3.05, 3.63) is 10.0 Å². The number of nitrogens with zero attached hydrogens (tertiary/aromatic N) is 2. The number of nitrogens with one attached hydrogen (secondary N) is 1. The third-order valence-electron chi connectivity index (χ3n) is 2.33. The number of hydrogen-bond donors (Lipinski definition) is 2. The molecule has 1 aromatic heterocycles. The van der Waals surface area contributed by atoms with E-state index in [0.29, 0.717) is 18.9 Å². The van der Waals surface area contributed by atoms with E-state index in [4.69, 9.17) is 5.73 Å². The predicted molar refractivity (Wildman–Crippen MR) is 68.7 cm³/mol. The smallest absolute Gasteiger partial charge is 0.237 e. The van der Waals surface area contributed by atoms with E-state index in [1.807, 2.05) is 6.92 Å². The summed E-state index contributed by atoms with van der Waals surface area (Å²) in [6, 6.07) is -0.419. The van der Waals surface area contributed by atoms with Crippen molar-refractivity contribution >= 4 is 17.2 Å². The third-order valence-corrected chi connectivity index (χ3v) is 3.55. The summed E-state index contributed by atoms with van der Waals surface area (Å²) in [6.45, 7) is 6.56. The Morgan fingerprint density at radius 1 is 1.47 bits per heavy atom. The summed E-state index contributed by atoms with van der Waals surface area (Å²) in [5.41, 5.74) is 5.70. The molecule has 0 aliphatic rings. The average molecular weight is 256 g/mol. The van der Waals surface area contributed by atoms with Crippen molar-refractivity contribution in [1.29, 1.82) is 0 Å². The van der Waals surface area contributed by atoms with Crippen LogP contribution in [0.25, 0.3) is 0 Å². The molecule has 17 heavy (non-hydrogen) atoms. The molecule has 0 saturated heterocycles. The van der Waals surface area contributed by atoms with E-state index in [9.17, 15) is 4.79 Å². The Labute approximate surface area is 106 Å². The van der Waals surface area contributed by atoms with Crippen LogP contribution < -0.4 is 11.1 Å². The fourth-order valence-electron chi connectivity index (χ4n) is 1.31. The van der Waals surface area contributed by atoms with Crippen molar-refractivity contribution in [2.75, 3.05) is 0 Å². The molecule has 0 aromatic carbocycles. The Morgan fingerprint density at radius 2 is 2.18 bits per heavy atom. The van der Waals surface area contributed by atoms with Crippen molar-refractivity contribution < 1.29 is 4.79 Å². The van der Waals surface area contributed by atoms with Gasteiger partial charge < -0.3 is 11.1 Å². The second kappa shape index (κ2) is 6.66. The Balaban J connectivity index is 2.41. The molecule has 1 rings (SSSR count). The van der Waals surface area contributed by atoms with Crippen LogP contribution in [0.15, 0.2) is 0 Å². The minimum Gasteiger partial charge on any atom is -0.348 e. The summed E-state index contributed by atoms with van der Waals surface area (Å²) in [5.74, 6) is 0.257. The van der Waals surface area contributed by atoms with Gasteiger partial charge in [0.15, 0.2) is 0 Å². The Bertz CT molecular complexity index is 364. The van der Waals surface area contributed by atoms with Gasteiger partial charge in [0.25, 0.3) is 0 Å². The molecule has 1 heterocycles. The summed E-state index contributed by atoms with van der Waals surface area (Å²) in [4.78, 5) is 11.6. The number of carbonyl (C=O) groups is 1. The summed E-state index contributed by atoms with van der Waals surface area (Å²) in [5, 5.41) is 12.7. The molecule has 1 aromatic rings. The van der Waals surface area contributed by atoms with E-state index in [-0.39, 0.29) is 5.91 Å². The standard InChI is InChI=1S/C11H20N4OS/c1-4-5-8(12)10(16)13-6-9-14-15-11(17-9)7(2)3/h7-8H,4-6,12H2,1-3H3,(H,13,16). The first-order valence-electron chi connectivity index (χ1n) is 5.90. The van der Waals surface area contributed by atoms with Crippen molar-refractivity contribution in [3.8, 4) is 0 Å². The lowest BCUT2D eigenvalue weighted by Crippen LogP contribution is -2.40. The molecule has 0 saturated carbocycles. The van der Waals surface area contributed by atoms with Crippen LogP contribution in [0.3, 0.4) is 0 Å². The quantitative estimate of drug-likeness (QED) is 0.806. The molecule has 1 unspecified atom stereocenters. The second-order valence-corrected chi connectivity index (χ2v) is 5.40. The van der Waals surface area contributed by atoms with Gasteiger partial charge in [0.05, 0.1) is 12.6 Å². The minimum absolute atomic E-state index is 0.117. The van der Waals surface area contributed by atoms with Crippen LogP contribution >= 0.6 is 11.3 Å². The average Bonchev–Trinajstić information content (AvgIpc) is 2.75. The molecule has 0 bridgehead atoms. The molecule has 3 N–H and O–H groups in total. The van der Waals surface area contributed by atoms with Crippen molar-refractivity contribution in [3.63, 3.8) is 0 Å². The normalized spacial score (nSPS) is 12.8. The van der Waals surface area contributed by atoms with E-state index in [2.05, 4.69) is 29.4 Å². The Kier molecular flexibility index (Phi) is 5.50. The molecule has 5 nitrogen and oxygen atoms in total. The topological polar surface area (TPSA) is 80.9 Å². The molecule has 96 valence electrons. The predicted octanol–water partition coefficient (Wildman–Crippen LogP) is 1.41. The van der Waals surface area contributed by atoms with Gasteiger partial charge in [-0.25, -0.2) is 0 Å². The zero-order valence-corrected chi connectivity index (χ0v) is 11.4. The molecule has 0 radical (unpaired) electrons. The first-order chi connectivity index (χ1) is 8.04. The van der Waals surface area contributed by atoms with E-state index < -0.39 is 6.04 Å². The van der Waals surface area contributed by atoms with E-state index in [0.717, 1.165) is 16.4 Å². The van der Waals surface area contributed by atoms with Crippen LogP contribution in [0.5, 0.6) is 0 Å². The van der Waals surface area contributed by atoms with Gasteiger partial charge in [0, 0.05) is 5.92 Å². The van der Waals surface area contributed by atoms with Crippen LogP contribution in [0.2, 0.25) is 0 Å². The maximum Gasteiger partial charge on any atom is 0.237 e. The Hall–Kier alpha value is -1.01. The lowest BCUT2D eigenvalue weighted by atomic mass is 10.2. The van der Waals surface area contributed by atoms with Crippen LogP contribution in [-0.4, -0.2) is 22.1 Å². The van der Waals surface area contributed by atoms with Crippen molar-refractivity contribution in [2.45, 2.75) is 52.1 Å². The zero-order valence-electron chi connectivity index (χ0n) is 10.6. The minimum atomic E-state index is -0.419. The lowest BCUT2D eigenvalue weighted by molar-refractivity contribution is -0.122. The van der Waals surface area contributed by atoms with Crippen molar-refractivity contribution in [2.24, 2.45) is 5.73 Å². The SMILES string of the molecule is CCCC(N)C(=O)NCc1nnc(C(C)C)s1. The summed E-state index contributed by atoms with van der Waals surface area (Å²) < 4.78 is 0. The largest absolute Gasteiger partial charge is 0.348 e. The highest BCUT2D eigenvalue weighted by Gasteiger charge is 2.13. The molecular weight excluding hydrogens is 236 g/mol. The van der Waals surface area contributed by atoms with Gasteiger partial charge in [-0.15, -0.1) is 10.2 Å². The molecular formula is C11H20N4OS. The van der Waals surface area contributed by atoms with Crippen LogP contribution in [-0.2, 0) is 11.3 Å². The molecule has 0 fully saturated rings. The number of nitrogens with two attached hydrogens (primary N) is 1. The fraction of sp³-hybridized carbons (Fsp3) is 0.727. The highest BCUT2D eigenvalue weighted by molar-refractivity contribution is 7.11. The van der Waals surface area contributed by atoms with Gasteiger partial charge in [-0.1, -0.05) is 38.5 Å². The summed E-state index contributed by atoms with van der Waals surface area (Å²) in [6.07, 6.45) is 1.62. The lowest BCUT2D eigenvalue weighted by Gasteiger charge is -2.09. The monoisotopic (exact) mass is 256 g/mol. The maximum atomic E-state index is 11.6. The molecule has 6 heteroatoms. The van der Waals surface area contributed by atoms with E-state index in [1.54, 1.807) is 0 Å². The number of carbonyl (C=O) groups excluding carboxylic acids is 1. The maximum absolute atomic E-state index is 11.6. The van der Waals surface area contributed by atoms with Gasteiger partial charge in [-0.3, -0.25) is 4.79 Å². The second-order valence-electron chi connectivity index (χ2n) is 4.30. The third kappa shape index (κ3) is 4.40. The van der Waals surface area contributed by atoms with Gasteiger partial charge >= 0.3 is 0 Å². The summed E-state index contributed by atoms with van der Waals surface area (Å²) in [7, 11) is 0.